The van der Waals surface area contributed by atoms with Gasteiger partial charge in [0.15, 0.2) is 0 Å². The highest BCUT2D eigenvalue weighted by molar-refractivity contribution is 7.19. The average Bonchev–Trinajstić information content (AvgIpc) is 3.11. The Bertz CT molecular complexity index is 624. The molecule has 0 aromatic carbocycles. The van der Waals surface area contributed by atoms with Gasteiger partial charge in [-0.1, -0.05) is 6.92 Å². The van der Waals surface area contributed by atoms with Gasteiger partial charge < -0.3 is 5.32 Å². The van der Waals surface area contributed by atoms with Crippen LogP contribution in [-0.2, 0) is 5.41 Å². The van der Waals surface area contributed by atoms with E-state index in [-0.39, 0.29) is 0 Å². The van der Waals surface area contributed by atoms with Crippen molar-refractivity contribution in [1.82, 2.24) is 4.98 Å². The van der Waals surface area contributed by atoms with E-state index in [0.29, 0.717) is 5.41 Å². The molecule has 19 heavy (non-hydrogen) atoms. The molecular weight excluding hydrogens is 252 g/mol. The maximum absolute atomic E-state index is 4.57. The van der Waals surface area contributed by atoms with Gasteiger partial charge in [0.25, 0.3) is 0 Å². The Kier molecular flexibility index (Phi) is 2.90. The topological polar surface area (TPSA) is 24.9 Å². The maximum Gasteiger partial charge on any atom is 0.0918 e. The molecule has 1 N–H and O–H groups in total. The molecule has 0 aliphatic heterocycles. The Labute approximate surface area is 118 Å². The quantitative estimate of drug-likeness (QED) is 0.888. The molecule has 3 heteroatoms. The standard InChI is InChI=1S/C16H20N2S/c1-10-11(2)15(17-4)19-14(10)12-5-8-18-13(9-12)16(3)6-7-16/h5,8-9,17H,6-7H2,1-4H3. The molecule has 0 atom stereocenters. The van der Waals surface area contributed by atoms with Crippen LogP contribution in [-0.4, -0.2) is 12.0 Å². The van der Waals surface area contributed by atoms with Crippen LogP contribution in [0.4, 0.5) is 5.00 Å². The number of hydrogen-bond acceptors (Lipinski definition) is 3. The predicted octanol–water partition coefficient (Wildman–Crippen LogP) is 4.52. The van der Waals surface area contributed by atoms with E-state index in [1.54, 1.807) is 0 Å². The molecule has 2 heterocycles. The first-order valence-corrected chi connectivity index (χ1v) is 7.61. The highest BCUT2D eigenvalue weighted by atomic mass is 32.1. The third-order valence-corrected chi connectivity index (χ3v) is 5.78. The fourth-order valence-electron chi connectivity index (χ4n) is 2.46. The molecular formula is C16H20N2S. The van der Waals surface area contributed by atoms with E-state index < -0.39 is 0 Å². The summed E-state index contributed by atoms with van der Waals surface area (Å²) in [6.07, 6.45) is 4.50. The third kappa shape index (κ3) is 2.06. The zero-order chi connectivity index (χ0) is 13.6. The number of nitrogens with zero attached hydrogens (tertiary/aromatic N) is 1. The summed E-state index contributed by atoms with van der Waals surface area (Å²) in [6, 6.07) is 4.41. The lowest BCUT2D eigenvalue weighted by atomic mass is 10.0. The van der Waals surface area contributed by atoms with E-state index in [0.717, 1.165) is 0 Å². The number of thiophene rings is 1. The first-order chi connectivity index (χ1) is 9.05. The van der Waals surface area contributed by atoms with Gasteiger partial charge in [0, 0.05) is 29.2 Å². The third-order valence-electron chi connectivity index (χ3n) is 4.32. The monoisotopic (exact) mass is 272 g/mol. The highest BCUT2D eigenvalue weighted by Crippen LogP contribution is 2.48. The van der Waals surface area contributed by atoms with Crippen LogP contribution in [0.2, 0.25) is 0 Å². The minimum Gasteiger partial charge on any atom is -0.380 e. The molecule has 0 spiro atoms. The van der Waals surface area contributed by atoms with E-state index in [9.17, 15) is 0 Å². The molecule has 3 rings (SSSR count). The fourth-order valence-corrected chi connectivity index (χ4v) is 3.62. The van der Waals surface area contributed by atoms with Gasteiger partial charge >= 0.3 is 0 Å². The Morgan fingerprint density at radius 1 is 1.26 bits per heavy atom. The van der Waals surface area contributed by atoms with E-state index in [2.05, 4.69) is 43.2 Å². The number of rotatable bonds is 3. The van der Waals surface area contributed by atoms with Gasteiger partial charge in [-0.3, -0.25) is 4.98 Å². The molecule has 0 amide bonds. The lowest BCUT2D eigenvalue weighted by Crippen LogP contribution is -2.02. The number of aromatic nitrogens is 1. The van der Waals surface area contributed by atoms with Gasteiger partial charge in [-0.25, -0.2) is 0 Å². The molecule has 0 unspecified atom stereocenters. The summed E-state index contributed by atoms with van der Waals surface area (Å²) >= 11 is 1.84. The molecule has 100 valence electrons. The molecule has 1 aliphatic rings. The van der Waals surface area contributed by atoms with Gasteiger partial charge in [-0.2, -0.15) is 0 Å². The summed E-state index contributed by atoms with van der Waals surface area (Å²) in [4.78, 5) is 5.94. The van der Waals surface area contributed by atoms with E-state index in [1.807, 2.05) is 24.6 Å². The van der Waals surface area contributed by atoms with Crippen LogP contribution in [0, 0.1) is 13.8 Å². The molecule has 0 saturated heterocycles. The van der Waals surface area contributed by atoms with Gasteiger partial charge in [0.1, 0.15) is 0 Å². The number of pyridine rings is 1. The van der Waals surface area contributed by atoms with Crippen molar-refractivity contribution in [3.8, 4) is 10.4 Å². The Morgan fingerprint density at radius 2 is 2.00 bits per heavy atom. The second-order valence-corrected chi connectivity index (χ2v) is 6.77. The zero-order valence-corrected chi connectivity index (χ0v) is 12.8. The van der Waals surface area contributed by atoms with Crippen molar-refractivity contribution in [2.45, 2.75) is 39.0 Å². The van der Waals surface area contributed by atoms with Crippen molar-refractivity contribution < 1.29 is 0 Å². The van der Waals surface area contributed by atoms with Crippen molar-refractivity contribution in [3.05, 3.63) is 35.2 Å². The Morgan fingerprint density at radius 3 is 2.58 bits per heavy atom. The van der Waals surface area contributed by atoms with Crippen LogP contribution in [0.15, 0.2) is 18.3 Å². The molecule has 0 radical (unpaired) electrons. The first kappa shape index (κ1) is 12.7. The summed E-state index contributed by atoms with van der Waals surface area (Å²) in [5.41, 5.74) is 5.64. The smallest absolute Gasteiger partial charge is 0.0918 e. The minimum atomic E-state index is 0.335. The van der Waals surface area contributed by atoms with Crippen molar-refractivity contribution >= 4 is 16.3 Å². The predicted molar refractivity (Wildman–Crippen MR) is 83.2 cm³/mol. The fraction of sp³-hybridized carbons (Fsp3) is 0.438. The van der Waals surface area contributed by atoms with E-state index in [4.69, 9.17) is 0 Å². The molecule has 1 saturated carbocycles. The molecule has 2 aromatic heterocycles. The van der Waals surface area contributed by atoms with Crippen molar-refractivity contribution in [2.24, 2.45) is 0 Å². The number of hydrogen-bond donors (Lipinski definition) is 1. The average molecular weight is 272 g/mol. The molecule has 1 fully saturated rings. The maximum atomic E-state index is 4.57. The van der Waals surface area contributed by atoms with E-state index in [1.165, 1.54) is 45.1 Å². The Hall–Kier alpha value is -1.35. The Balaban J connectivity index is 2.07. The second-order valence-electron chi connectivity index (χ2n) is 5.75. The lowest BCUT2D eigenvalue weighted by Gasteiger charge is -2.09. The summed E-state index contributed by atoms with van der Waals surface area (Å²) in [5.74, 6) is 0. The zero-order valence-electron chi connectivity index (χ0n) is 12.0. The molecule has 2 nitrogen and oxygen atoms in total. The summed E-state index contributed by atoms with van der Waals surface area (Å²) < 4.78 is 0. The van der Waals surface area contributed by atoms with Crippen LogP contribution in [0.25, 0.3) is 10.4 Å². The van der Waals surface area contributed by atoms with Crippen LogP contribution in [0.3, 0.4) is 0 Å². The SMILES string of the molecule is CNc1sc(-c2ccnc(C3(C)CC3)c2)c(C)c1C. The summed E-state index contributed by atoms with van der Waals surface area (Å²) in [5, 5.41) is 4.55. The van der Waals surface area contributed by atoms with Crippen LogP contribution in [0.1, 0.15) is 36.6 Å². The van der Waals surface area contributed by atoms with E-state index >= 15 is 0 Å². The van der Waals surface area contributed by atoms with Crippen LogP contribution >= 0.6 is 11.3 Å². The van der Waals surface area contributed by atoms with Gasteiger partial charge in [0.05, 0.1) is 5.00 Å². The van der Waals surface area contributed by atoms with Gasteiger partial charge in [0.2, 0.25) is 0 Å². The summed E-state index contributed by atoms with van der Waals surface area (Å²) in [6.45, 7) is 6.71. The summed E-state index contributed by atoms with van der Waals surface area (Å²) in [7, 11) is 1.99. The molecule has 1 aliphatic carbocycles. The number of anilines is 1. The second kappa shape index (κ2) is 4.34. The van der Waals surface area contributed by atoms with Crippen LogP contribution < -0.4 is 5.32 Å². The largest absolute Gasteiger partial charge is 0.380 e. The normalized spacial score (nSPS) is 16.4. The first-order valence-electron chi connectivity index (χ1n) is 6.80. The van der Waals surface area contributed by atoms with Crippen molar-refractivity contribution in [3.63, 3.8) is 0 Å². The molecule has 0 bridgehead atoms. The van der Waals surface area contributed by atoms with Crippen LogP contribution in [0.5, 0.6) is 0 Å². The lowest BCUT2D eigenvalue weighted by molar-refractivity contribution is 0.751. The molecule has 2 aromatic rings. The highest BCUT2D eigenvalue weighted by Gasteiger charge is 2.40. The van der Waals surface area contributed by atoms with Crippen molar-refractivity contribution in [1.29, 1.82) is 0 Å². The minimum absolute atomic E-state index is 0.335. The van der Waals surface area contributed by atoms with Crippen molar-refractivity contribution in [2.75, 3.05) is 12.4 Å². The van der Waals surface area contributed by atoms with Gasteiger partial charge in [-0.05, 0) is 55.5 Å². The van der Waals surface area contributed by atoms with Gasteiger partial charge in [-0.15, -0.1) is 11.3 Å². The number of nitrogens with one attached hydrogen (secondary N) is 1.